The molecule has 0 bridgehead atoms. The van der Waals surface area contributed by atoms with Gasteiger partial charge in [0, 0.05) is 1.37 Å². The molecule has 0 heterocycles. The van der Waals surface area contributed by atoms with Gasteiger partial charge in [0.2, 0.25) is 0 Å². The third kappa shape index (κ3) is 8.54. The molecule has 1 atom stereocenters. The topological polar surface area (TPSA) is 75.6 Å². The van der Waals surface area contributed by atoms with Crippen molar-refractivity contribution >= 4 is 12.1 Å². The molecule has 0 fully saturated rings. The van der Waals surface area contributed by atoms with Crippen LogP contribution in [0.15, 0.2) is 0 Å². The molecule has 5 heteroatoms. The minimum absolute atomic E-state index is 0.0859. The van der Waals surface area contributed by atoms with Gasteiger partial charge in [0.1, 0.15) is 11.6 Å². The second-order valence-corrected chi connectivity index (χ2v) is 5.95. The fourth-order valence-electron chi connectivity index (χ4n) is 1.24. The molecule has 5 nitrogen and oxygen atoms in total. The Kier molecular flexibility index (Phi) is 4.37. The van der Waals surface area contributed by atoms with E-state index in [0.29, 0.717) is 6.42 Å². The standard InChI is InChI=1S/C12H23NO4/c1-11(2,3)7-8(9(14)15)13-10(16)17-12(4,5)6/h8H,7H2,1-6H3,(H,13,16)(H,14,15)/t8-/m0/s1/i4D. The smallest absolute Gasteiger partial charge is 0.408 e. The van der Waals surface area contributed by atoms with Crippen LogP contribution in [0.25, 0.3) is 0 Å². The van der Waals surface area contributed by atoms with Crippen molar-refractivity contribution in [2.75, 3.05) is 0 Å². The average molecular weight is 246 g/mol. The van der Waals surface area contributed by atoms with Gasteiger partial charge in [0.15, 0.2) is 0 Å². The van der Waals surface area contributed by atoms with E-state index in [1.807, 2.05) is 20.8 Å². The zero-order chi connectivity index (χ0) is 14.6. The first-order valence-electron chi connectivity index (χ1n) is 6.19. The minimum atomic E-state index is -1.09. The molecule has 0 aliphatic carbocycles. The van der Waals surface area contributed by atoms with Gasteiger partial charge < -0.3 is 15.2 Å². The third-order valence-electron chi connectivity index (χ3n) is 1.78. The molecule has 0 aromatic heterocycles. The summed E-state index contributed by atoms with van der Waals surface area (Å²) in [4.78, 5) is 22.6. The van der Waals surface area contributed by atoms with E-state index in [9.17, 15) is 9.59 Å². The highest BCUT2D eigenvalue weighted by molar-refractivity contribution is 5.80. The van der Waals surface area contributed by atoms with Crippen LogP contribution in [0.3, 0.4) is 0 Å². The number of ether oxygens (including phenoxy) is 1. The predicted molar refractivity (Wildman–Crippen MR) is 64.9 cm³/mol. The van der Waals surface area contributed by atoms with Gasteiger partial charge in [0.05, 0.1) is 0 Å². The first-order valence-corrected chi connectivity index (χ1v) is 5.48. The third-order valence-corrected chi connectivity index (χ3v) is 1.78. The average Bonchev–Trinajstić information content (AvgIpc) is 2.13. The van der Waals surface area contributed by atoms with Crippen LogP contribution in [0.4, 0.5) is 4.79 Å². The molecule has 0 saturated carbocycles. The van der Waals surface area contributed by atoms with E-state index in [1.54, 1.807) is 13.8 Å². The van der Waals surface area contributed by atoms with Crippen molar-refractivity contribution in [1.29, 1.82) is 0 Å². The lowest BCUT2D eigenvalue weighted by atomic mass is 9.88. The van der Waals surface area contributed by atoms with Crippen LogP contribution in [0.5, 0.6) is 0 Å². The van der Waals surface area contributed by atoms with Crippen molar-refractivity contribution in [2.24, 2.45) is 5.41 Å². The molecular weight excluding hydrogens is 222 g/mol. The van der Waals surface area contributed by atoms with E-state index in [1.165, 1.54) is 0 Å². The molecule has 0 unspecified atom stereocenters. The number of amides is 1. The molecule has 0 radical (unpaired) electrons. The van der Waals surface area contributed by atoms with Crippen molar-refractivity contribution in [3.8, 4) is 0 Å². The van der Waals surface area contributed by atoms with Crippen molar-refractivity contribution in [3.05, 3.63) is 0 Å². The Morgan fingerprint density at radius 2 is 1.88 bits per heavy atom. The summed E-state index contributed by atoms with van der Waals surface area (Å²) < 4.78 is 12.2. The lowest BCUT2D eigenvalue weighted by Gasteiger charge is -2.26. The Morgan fingerprint density at radius 3 is 2.24 bits per heavy atom. The Hall–Kier alpha value is -1.26. The first kappa shape index (κ1) is 13.8. The Morgan fingerprint density at radius 1 is 1.35 bits per heavy atom. The number of hydrogen-bond donors (Lipinski definition) is 2. The second kappa shape index (κ2) is 5.38. The molecule has 0 saturated heterocycles. The van der Waals surface area contributed by atoms with E-state index >= 15 is 0 Å². The van der Waals surface area contributed by atoms with Gasteiger partial charge in [0.25, 0.3) is 0 Å². The number of carbonyl (C=O) groups excluding carboxylic acids is 1. The van der Waals surface area contributed by atoms with Gasteiger partial charge in [-0.25, -0.2) is 9.59 Å². The van der Waals surface area contributed by atoms with Crippen LogP contribution in [0.1, 0.15) is 49.3 Å². The zero-order valence-corrected chi connectivity index (χ0v) is 11.2. The monoisotopic (exact) mass is 246 g/mol. The number of aliphatic carboxylic acids is 1. The number of alkyl carbamates (subject to hydrolysis) is 1. The summed E-state index contributed by atoms with van der Waals surface area (Å²) in [6.45, 7) is 8.78. The molecule has 0 aromatic carbocycles. The van der Waals surface area contributed by atoms with Crippen molar-refractivity contribution < 1.29 is 20.8 Å². The molecular formula is C12H23NO4. The summed E-state index contributed by atoms with van der Waals surface area (Å²) in [5.74, 6) is -1.09. The van der Waals surface area contributed by atoms with Crippen LogP contribution < -0.4 is 5.32 Å². The van der Waals surface area contributed by atoms with E-state index in [2.05, 4.69) is 5.32 Å². The Labute approximate surface area is 104 Å². The molecule has 0 aliphatic heterocycles. The molecule has 0 rings (SSSR count). The lowest BCUT2D eigenvalue weighted by Crippen LogP contribution is -2.45. The Bertz CT molecular complexity index is 310. The van der Waals surface area contributed by atoms with E-state index in [-0.39, 0.29) is 12.3 Å². The fraction of sp³-hybridized carbons (Fsp3) is 0.833. The van der Waals surface area contributed by atoms with Gasteiger partial charge in [-0.05, 0) is 32.6 Å². The number of rotatable bonds is 3. The SMILES string of the molecule is [2H]CC(C)(C)OC(=O)N[C@@H](CC(C)(C)C)C(=O)O. The summed E-state index contributed by atoms with van der Waals surface area (Å²) >= 11 is 0. The number of carbonyl (C=O) groups is 2. The molecule has 0 aromatic rings. The molecule has 100 valence electrons. The number of hydrogen-bond acceptors (Lipinski definition) is 3. The van der Waals surface area contributed by atoms with Gasteiger partial charge in [-0.2, -0.15) is 0 Å². The van der Waals surface area contributed by atoms with Crippen LogP contribution in [0, 0.1) is 5.41 Å². The summed E-state index contributed by atoms with van der Waals surface area (Å²) in [7, 11) is 0. The van der Waals surface area contributed by atoms with Crippen LogP contribution in [-0.2, 0) is 9.53 Å². The predicted octanol–water partition coefficient (Wildman–Crippen LogP) is 2.40. The largest absolute Gasteiger partial charge is 0.480 e. The van der Waals surface area contributed by atoms with Crippen LogP contribution in [0.2, 0.25) is 0 Å². The summed E-state index contributed by atoms with van der Waals surface area (Å²) in [6, 6.07) is -0.987. The maximum absolute atomic E-state index is 11.5. The maximum Gasteiger partial charge on any atom is 0.408 e. The molecule has 2 N–H and O–H groups in total. The fourth-order valence-corrected chi connectivity index (χ4v) is 1.24. The molecule has 0 aliphatic rings. The molecule has 17 heavy (non-hydrogen) atoms. The second-order valence-electron chi connectivity index (χ2n) is 5.95. The van der Waals surface area contributed by atoms with Gasteiger partial charge >= 0.3 is 12.1 Å². The minimum Gasteiger partial charge on any atom is -0.480 e. The number of carboxylic acids is 1. The summed E-state index contributed by atoms with van der Waals surface area (Å²) in [5.41, 5.74) is -1.14. The number of carboxylic acid groups (broad SMARTS) is 1. The van der Waals surface area contributed by atoms with Crippen LogP contribution in [-0.4, -0.2) is 28.8 Å². The molecule has 1 amide bonds. The van der Waals surface area contributed by atoms with E-state index in [0.717, 1.165) is 0 Å². The normalized spacial score (nSPS) is 14.8. The van der Waals surface area contributed by atoms with Gasteiger partial charge in [-0.15, -0.1) is 0 Å². The van der Waals surface area contributed by atoms with Crippen LogP contribution >= 0.6 is 0 Å². The van der Waals surface area contributed by atoms with E-state index in [4.69, 9.17) is 11.2 Å². The van der Waals surface area contributed by atoms with Crippen molar-refractivity contribution in [3.63, 3.8) is 0 Å². The lowest BCUT2D eigenvalue weighted by molar-refractivity contribution is -0.140. The Balaban J connectivity index is 4.52. The van der Waals surface area contributed by atoms with Crippen molar-refractivity contribution in [2.45, 2.75) is 59.6 Å². The summed E-state index contributed by atoms with van der Waals surface area (Å²) in [6.07, 6.45) is -0.498. The van der Waals surface area contributed by atoms with Gasteiger partial charge in [-0.1, -0.05) is 20.8 Å². The highest BCUT2D eigenvalue weighted by Crippen LogP contribution is 2.21. The molecule has 0 spiro atoms. The first-order chi connectivity index (χ1) is 7.97. The highest BCUT2D eigenvalue weighted by atomic mass is 16.6. The van der Waals surface area contributed by atoms with Gasteiger partial charge in [-0.3, -0.25) is 0 Å². The van der Waals surface area contributed by atoms with Crippen molar-refractivity contribution in [1.82, 2.24) is 5.32 Å². The quantitative estimate of drug-likeness (QED) is 0.801. The highest BCUT2D eigenvalue weighted by Gasteiger charge is 2.27. The number of nitrogens with one attached hydrogen (secondary N) is 1. The summed E-state index contributed by atoms with van der Waals surface area (Å²) in [5, 5.41) is 11.4. The van der Waals surface area contributed by atoms with E-state index < -0.39 is 23.7 Å². The zero-order valence-electron chi connectivity index (χ0n) is 12.2. The maximum atomic E-state index is 11.5.